The average molecular weight is 220 g/mol. The fourth-order valence-corrected chi connectivity index (χ4v) is 1.51. The van der Waals surface area contributed by atoms with Gasteiger partial charge in [0.2, 0.25) is 0 Å². The number of hydrogen-bond donors (Lipinski definition) is 1. The van der Waals surface area contributed by atoms with Gasteiger partial charge < -0.3 is 5.73 Å². The second kappa shape index (κ2) is 3.89. The topological polar surface area (TPSA) is 38.9 Å². The van der Waals surface area contributed by atoms with E-state index in [1.807, 2.05) is 0 Å². The van der Waals surface area contributed by atoms with Crippen molar-refractivity contribution in [3.8, 4) is 11.1 Å². The minimum atomic E-state index is -0.876. The van der Waals surface area contributed by atoms with Crippen molar-refractivity contribution in [2.24, 2.45) is 0 Å². The van der Waals surface area contributed by atoms with E-state index in [4.69, 9.17) is 5.73 Å². The van der Waals surface area contributed by atoms with Gasteiger partial charge in [-0.3, -0.25) is 4.98 Å². The first-order valence-electron chi connectivity index (χ1n) is 4.75. The lowest BCUT2D eigenvalue weighted by atomic mass is 10.0. The SMILES string of the molecule is Cc1ncc(N)cc1-c1ccc(F)c(F)c1. The number of anilines is 1. The monoisotopic (exact) mass is 220 g/mol. The van der Waals surface area contributed by atoms with Gasteiger partial charge in [-0.2, -0.15) is 0 Å². The number of aryl methyl sites for hydroxylation is 1. The summed E-state index contributed by atoms with van der Waals surface area (Å²) in [5, 5.41) is 0. The fraction of sp³-hybridized carbons (Fsp3) is 0.0833. The van der Waals surface area contributed by atoms with E-state index in [2.05, 4.69) is 4.98 Å². The molecule has 0 unspecified atom stereocenters. The smallest absolute Gasteiger partial charge is 0.159 e. The van der Waals surface area contributed by atoms with Gasteiger partial charge in [-0.05, 0) is 30.7 Å². The number of nitrogen functional groups attached to an aromatic ring is 1. The lowest BCUT2D eigenvalue weighted by Gasteiger charge is -2.06. The van der Waals surface area contributed by atoms with Crippen LogP contribution >= 0.6 is 0 Å². The third kappa shape index (κ3) is 1.86. The van der Waals surface area contributed by atoms with Crippen molar-refractivity contribution < 1.29 is 8.78 Å². The number of hydrogen-bond acceptors (Lipinski definition) is 2. The van der Waals surface area contributed by atoms with Crippen molar-refractivity contribution in [2.75, 3.05) is 5.73 Å². The maximum atomic E-state index is 13.1. The number of halogens is 2. The second-order valence-corrected chi connectivity index (χ2v) is 3.53. The van der Waals surface area contributed by atoms with Gasteiger partial charge in [-0.15, -0.1) is 0 Å². The molecule has 0 fully saturated rings. The van der Waals surface area contributed by atoms with Gasteiger partial charge in [0, 0.05) is 11.3 Å². The van der Waals surface area contributed by atoms with Crippen molar-refractivity contribution in [1.82, 2.24) is 4.98 Å². The van der Waals surface area contributed by atoms with E-state index in [1.165, 1.54) is 12.3 Å². The van der Waals surface area contributed by atoms with Gasteiger partial charge in [0.25, 0.3) is 0 Å². The van der Waals surface area contributed by atoms with Crippen LogP contribution in [0.2, 0.25) is 0 Å². The predicted molar refractivity (Wildman–Crippen MR) is 58.7 cm³/mol. The molecule has 0 aliphatic rings. The van der Waals surface area contributed by atoms with Crippen molar-refractivity contribution in [3.05, 3.63) is 47.8 Å². The standard InChI is InChI=1S/C12H10F2N2/c1-7-10(5-9(15)6-16-7)8-2-3-11(13)12(14)4-8/h2-6H,15H2,1H3. The Morgan fingerprint density at radius 3 is 2.56 bits per heavy atom. The average Bonchev–Trinajstić information content (AvgIpc) is 2.26. The zero-order valence-electron chi connectivity index (χ0n) is 8.67. The molecule has 0 saturated carbocycles. The minimum absolute atomic E-state index is 0.491. The molecule has 1 heterocycles. The summed E-state index contributed by atoms with van der Waals surface area (Å²) in [7, 11) is 0. The maximum Gasteiger partial charge on any atom is 0.159 e. The highest BCUT2D eigenvalue weighted by Crippen LogP contribution is 2.25. The Labute approximate surface area is 91.7 Å². The van der Waals surface area contributed by atoms with Gasteiger partial charge in [-0.25, -0.2) is 8.78 Å². The first-order chi connectivity index (χ1) is 7.58. The van der Waals surface area contributed by atoms with Gasteiger partial charge in [0.15, 0.2) is 11.6 Å². The van der Waals surface area contributed by atoms with Gasteiger partial charge in [0.05, 0.1) is 11.9 Å². The maximum absolute atomic E-state index is 13.1. The molecule has 0 spiro atoms. The molecule has 0 radical (unpaired) electrons. The Balaban J connectivity index is 2.58. The van der Waals surface area contributed by atoms with Gasteiger partial charge in [-0.1, -0.05) is 6.07 Å². The normalized spacial score (nSPS) is 10.4. The summed E-state index contributed by atoms with van der Waals surface area (Å²) in [5.74, 6) is -1.74. The first kappa shape index (κ1) is 10.5. The van der Waals surface area contributed by atoms with Crippen LogP contribution in [0.3, 0.4) is 0 Å². The largest absolute Gasteiger partial charge is 0.397 e. The number of rotatable bonds is 1. The lowest BCUT2D eigenvalue weighted by Crippen LogP contribution is -1.93. The van der Waals surface area contributed by atoms with Crippen LogP contribution in [0.4, 0.5) is 14.5 Å². The highest BCUT2D eigenvalue weighted by atomic mass is 19.2. The van der Waals surface area contributed by atoms with E-state index < -0.39 is 11.6 Å². The van der Waals surface area contributed by atoms with Crippen molar-refractivity contribution >= 4 is 5.69 Å². The molecular formula is C12H10F2N2. The van der Waals surface area contributed by atoms with E-state index in [9.17, 15) is 8.78 Å². The molecule has 2 rings (SSSR count). The van der Waals surface area contributed by atoms with Crippen LogP contribution in [-0.2, 0) is 0 Å². The Bertz CT molecular complexity index is 539. The molecule has 1 aromatic heterocycles. The number of nitrogens with two attached hydrogens (primary N) is 1. The van der Waals surface area contributed by atoms with Crippen molar-refractivity contribution in [3.63, 3.8) is 0 Å². The van der Waals surface area contributed by atoms with Crippen LogP contribution in [0.5, 0.6) is 0 Å². The number of nitrogens with zero attached hydrogens (tertiary/aromatic N) is 1. The molecule has 82 valence electrons. The summed E-state index contributed by atoms with van der Waals surface area (Å²) in [6, 6.07) is 5.42. The van der Waals surface area contributed by atoms with Crippen LogP contribution in [0.1, 0.15) is 5.69 Å². The summed E-state index contributed by atoms with van der Waals surface area (Å²) in [6.07, 6.45) is 1.53. The molecule has 0 amide bonds. The summed E-state index contributed by atoms with van der Waals surface area (Å²) in [5.41, 5.74) is 8.09. The summed E-state index contributed by atoms with van der Waals surface area (Å²) >= 11 is 0. The molecule has 1 aromatic carbocycles. The number of aromatic nitrogens is 1. The highest BCUT2D eigenvalue weighted by Gasteiger charge is 2.07. The fourth-order valence-electron chi connectivity index (χ4n) is 1.51. The number of benzene rings is 1. The molecular weight excluding hydrogens is 210 g/mol. The van der Waals surface area contributed by atoms with E-state index in [-0.39, 0.29) is 0 Å². The minimum Gasteiger partial charge on any atom is -0.397 e. The van der Waals surface area contributed by atoms with Gasteiger partial charge >= 0.3 is 0 Å². The third-order valence-corrected chi connectivity index (χ3v) is 2.34. The summed E-state index contributed by atoms with van der Waals surface area (Å²) in [4.78, 5) is 4.07. The van der Waals surface area contributed by atoms with Crippen LogP contribution in [0.25, 0.3) is 11.1 Å². The lowest BCUT2D eigenvalue weighted by molar-refractivity contribution is 0.509. The summed E-state index contributed by atoms with van der Waals surface area (Å²) in [6.45, 7) is 1.79. The predicted octanol–water partition coefficient (Wildman–Crippen LogP) is 2.92. The molecule has 4 heteroatoms. The zero-order valence-corrected chi connectivity index (χ0v) is 8.67. The molecule has 2 aromatic rings. The molecule has 2 N–H and O–H groups in total. The van der Waals surface area contributed by atoms with Crippen LogP contribution < -0.4 is 5.73 Å². The van der Waals surface area contributed by atoms with Gasteiger partial charge in [0.1, 0.15) is 0 Å². The van der Waals surface area contributed by atoms with E-state index in [1.54, 1.807) is 13.0 Å². The van der Waals surface area contributed by atoms with E-state index in [0.29, 0.717) is 16.8 Å². The highest BCUT2D eigenvalue weighted by molar-refractivity contribution is 5.68. The number of pyridine rings is 1. The third-order valence-electron chi connectivity index (χ3n) is 2.34. The first-order valence-corrected chi connectivity index (χ1v) is 4.75. The molecule has 0 aliphatic carbocycles. The molecule has 0 bridgehead atoms. The molecule has 0 saturated heterocycles. The molecule has 0 atom stereocenters. The Kier molecular flexibility index (Phi) is 2.56. The Hall–Kier alpha value is -1.97. The Morgan fingerprint density at radius 2 is 1.88 bits per heavy atom. The molecule has 16 heavy (non-hydrogen) atoms. The second-order valence-electron chi connectivity index (χ2n) is 3.53. The Morgan fingerprint density at radius 1 is 1.12 bits per heavy atom. The van der Waals surface area contributed by atoms with E-state index in [0.717, 1.165) is 17.8 Å². The van der Waals surface area contributed by atoms with E-state index >= 15 is 0 Å². The molecule has 0 aliphatic heterocycles. The van der Waals surface area contributed by atoms with Crippen LogP contribution in [-0.4, -0.2) is 4.98 Å². The zero-order chi connectivity index (χ0) is 11.7. The molecule has 2 nitrogen and oxygen atoms in total. The van der Waals surface area contributed by atoms with Crippen molar-refractivity contribution in [2.45, 2.75) is 6.92 Å². The van der Waals surface area contributed by atoms with Crippen molar-refractivity contribution in [1.29, 1.82) is 0 Å². The summed E-state index contributed by atoms with van der Waals surface area (Å²) < 4.78 is 25.8. The quantitative estimate of drug-likeness (QED) is 0.802. The van der Waals surface area contributed by atoms with Crippen LogP contribution in [0, 0.1) is 18.6 Å². The van der Waals surface area contributed by atoms with Crippen LogP contribution in [0.15, 0.2) is 30.5 Å².